The van der Waals surface area contributed by atoms with E-state index in [9.17, 15) is 4.79 Å². The van der Waals surface area contributed by atoms with Gasteiger partial charge in [-0.1, -0.05) is 28.4 Å². The fourth-order valence-electron chi connectivity index (χ4n) is 1.30. The number of benzene rings is 1. The summed E-state index contributed by atoms with van der Waals surface area (Å²) >= 11 is 11.7. The number of carbonyl (C=O) groups excluding carboxylic acids is 1. The zero-order valence-corrected chi connectivity index (χ0v) is 11.9. The zero-order valence-electron chi connectivity index (χ0n) is 10.4. The summed E-state index contributed by atoms with van der Waals surface area (Å²) < 4.78 is 0. The number of nitrogens with zero attached hydrogens (tertiary/aromatic N) is 2. The maximum absolute atomic E-state index is 11.9. The highest BCUT2D eigenvalue weighted by molar-refractivity contribution is 6.35. The molecule has 0 aliphatic carbocycles. The number of urea groups is 1. The molecule has 0 radical (unpaired) electrons. The van der Waals surface area contributed by atoms with Gasteiger partial charge in [-0.25, -0.2) is 4.79 Å². The van der Waals surface area contributed by atoms with Crippen molar-refractivity contribution < 1.29 is 10.0 Å². The summed E-state index contributed by atoms with van der Waals surface area (Å²) in [6.07, 6.45) is 0. The third-order valence-corrected chi connectivity index (χ3v) is 3.00. The highest BCUT2D eigenvalue weighted by Crippen LogP contribution is 2.22. The van der Waals surface area contributed by atoms with E-state index >= 15 is 0 Å². The Kier molecular flexibility index (Phi) is 5.26. The highest BCUT2D eigenvalue weighted by atomic mass is 35.5. The van der Waals surface area contributed by atoms with E-state index in [1.54, 1.807) is 25.1 Å². The van der Waals surface area contributed by atoms with Crippen molar-refractivity contribution in [2.24, 2.45) is 10.9 Å². The van der Waals surface area contributed by atoms with E-state index < -0.39 is 12.1 Å². The summed E-state index contributed by atoms with van der Waals surface area (Å²) in [5, 5.41) is 14.9. The van der Waals surface area contributed by atoms with Gasteiger partial charge in [-0.15, -0.1) is 0 Å². The number of halogens is 2. The third kappa shape index (κ3) is 4.18. The number of likely N-dealkylation sites (N-methyl/N-ethyl adjacent to an activating group) is 1. The molecule has 0 bridgehead atoms. The lowest BCUT2D eigenvalue weighted by Crippen LogP contribution is -2.45. The van der Waals surface area contributed by atoms with Gasteiger partial charge < -0.3 is 21.2 Å². The van der Waals surface area contributed by atoms with Crippen LogP contribution in [0.2, 0.25) is 10.0 Å². The van der Waals surface area contributed by atoms with Gasteiger partial charge in [0.25, 0.3) is 0 Å². The van der Waals surface area contributed by atoms with Gasteiger partial charge in [0, 0.05) is 22.8 Å². The van der Waals surface area contributed by atoms with Crippen LogP contribution in [-0.4, -0.2) is 35.1 Å². The monoisotopic (exact) mass is 304 g/mol. The van der Waals surface area contributed by atoms with Gasteiger partial charge in [0.1, 0.15) is 0 Å². The summed E-state index contributed by atoms with van der Waals surface area (Å²) in [7, 11) is 1.52. The van der Waals surface area contributed by atoms with Crippen molar-refractivity contribution in [2.75, 3.05) is 12.4 Å². The molecule has 0 heterocycles. The number of amides is 2. The first-order chi connectivity index (χ1) is 8.85. The minimum atomic E-state index is -0.556. The molecule has 0 saturated heterocycles. The van der Waals surface area contributed by atoms with Crippen LogP contribution in [-0.2, 0) is 0 Å². The van der Waals surface area contributed by atoms with Gasteiger partial charge >= 0.3 is 6.03 Å². The molecule has 4 N–H and O–H groups in total. The van der Waals surface area contributed by atoms with Gasteiger partial charge in [-0.05, 0) is 25.1 Å². The molecule has 0 saturated carbocycles. The molecule has 1 aromatic rings. The van der Waals surface area contributed by atoms with E-state index in [0.29, 0.717) is 15.7 Å². The Labute approximate surface area is 120 Å². The van der Waals surface area contributed by atoms with Crippen LogP contribution in [0.5, 0.6) is 0 Å². The predicted molar refractivity (Wildman–Crippen MR) is 76.1 cm³/mol. The van der Waals surface area contributed by atoms with Crippen LogP contribution < -0.4 is 11.1 Å². The molecular formula is C11H14Cl2N4O2. The topological polar surface area (TPSA) is 91.0 Å². The summed E-state index contributed by atoms with van der Waals surface area (Å²) in [6, 6.07) is 3.69. The molecular weight excluding hydrogens is 291 g/mol. The maximum Gasteiger partial charge on any atom is 0.322 e. The number of nitrogens with two attached hydrogens (primary N) is 1. The standard InChI is InChI=1S/C11H14Cl2N4O2/c1-6(10(14)16-19)17(2)11(18)15-9-4-7(12)3-8(13)5-9/h3-6,19H,1-2H3,(H2,14,16)(H,15,18). The molecule has 1 aromatic carbocycles. The lowest BCUT2D eigenvalue weighted by atomic mass is 10.3. The first-order valence-electron chi connectivity index (χ1n) is 5.32. The normalized spacial score (nSPS) is 12.9. The lowest BCUT2D eigenvalue weighted by Gasteiger charge is -2.24. The number of hydrogen-bond donors (Lipinski definition) is 3. The van der Waals surface area contributed by atoms with Crippen molar-refractivity contribution in [1.29, 1.82) is 0 Å². The Morgan fingerprint density at radius 1 is 1.42 bits per heavy atom. The lowest BCUT2D eigenvalue weighted by molar-refractivity contribution is 0.217. The second-order valence-corrected chi connectivity index (χ2v) is 4.77. The Morgan fingerprint density at radius 2 is 1.95 bits per heavy atom. The smallest absolute Gasteiger partial charge is 0.322 e. The quantitative estimate of drug-likeness (QED) is 0.347. The first kappa shape index (κ1) is 15.4. The number of anilines is 1. The second-order valence-electron chi connectivity index (χ2n) is 3.90. The van der Waals surface area contributed by atoms with Crippen molar-refractivity contribution >= 4 is 40.8 Å². The molecule has 0 spiro atoms. The van der Waals surface area contributed by atoms with Crippen molar-refractivity contribution in [3.05, 3.63) is 28.2 Å². The van der Waals surface area contributed by atoms with Crippen LogP contribution >= 0.6 is 23.2 Å². The summed E-state index contributed by atoms with van der Waals surface area (Å²) in [5.41, 5.74) is 5.89. The Morgan fingerprint density at radius 3 is 2.42 bits per heavy atom. The van der Waals surface area contributed by atoms with Crippen LogP contribution in [0.15, 0.2) is 23.4 Å². The van der Waals surface area contributed by atoms with Crippen LogP contribution in [0, 0.1) is 0 Å². The van der Waals surface area contributed by atoms with E-state index in [0.717, 1.165) is 0 Å². The maximum atomic E-state index is 11.9. The van der Waals surface area contributed by atoms with Crippen LogP contribution in [0.25, 0.3) is 0 Å². The Balaban J connectivity index is 2.79. The fourth-order valence-corrected chi connectivity index (χ4v) is 1.82. The van der Waals surface area contributed by atoms with Crippen LogP contribution in [0.4, 0.5) is 10.5 Å². The highest BCUT2D eigenvalue weighted by Gasteiger charge is 2.19. The molecule has 0 aromatic heterocycles. The summed E-state index contributed by atoms with van der Waals surface area (Å²) in [5.74, 6) is -0.0678. The fraction of sp³-hybridized carbons (Fsp3) is 0.273. The molecule has 19 heavy (non-hydrogen) atoms. The number of hydrogen-bond acceptors (Lipinski definition) is 3. The van der Waals surface area contributed by atoms with Crippen molar-refractivity contribution in [3.63, 3.8) is 0 Å². The van der Waals surface area contributed by atoms with Crippen molar-refractivity contribution in [2.45, 2.75) is 13.0 Å². The molecule has 6 nitrogen and oxygen atoms in total. The molecule has 1 rings (SSSR count). The summed E-state index contributed by atoms with van der Waals surface area (Å²) in [4.78, 5) is 13.2. The number of amidine groups is 1. The number of carbonyl (C=O) groups is 1. The zero-order chi connectivity index (χ0) is 14.6. The van der Waals surface area contributed by atoms with Crippen molar-refractivity contribution in [3.8, 4) is 0 Å². The van der Waals surface area contributed by atoms with Gasteiger partial charge in [-0.2, -0.15) is 0 Å². The molecule has 1 unspecified atom stereocenters. The molecule has 2 amide bonds. The first-order valence-corrected chi connectivity index (χ1v) is 6.08. The number of rotatable bonds is 3. The molecule has 8 heteroatoms. The molecule has 1 atom stereocenters. The number of nitrogens with one attached hydrogen (secondary N) is 1. The van der Waals surface area contributed by atoms with E-state index in [1.165, 1.54) is 11.9 Å². The van der Waals surface area contributed by atoms with Gasteiger partial charge in [0.2, 0.25) is 0 Å². The van der Waals surface area contributed by atoms with E-state index in [4.69, 9.17) is 34.1 Å². The SMILES string of the molecule is CC(/C(N)=N/O)N(C)C(=O)Nc1cc(Cl)cc(Cl)c1. The van der Waals surface area contributed by atoms with E-state index in [1.807, 2.05) is 0 Å². The van der Waals surface area contributed by atoms with Crippen LogP contribution in [0.3, 0.4) is 0 Å². The molecule has 0 aliphatic rings. The largest absolute Gasteiger partial charge is 0.409 e. The number of oxime groups is 1. The minimum Gasteiger partial charge on any atom is -0.409 e. The second kappa shape index (κ2) is 6.49. The van der Waals surface area contributed by atoms with E-state index in [2.05, 4.69) is 10.5 Å². The molecule has 0 aliphatic heterocycles. The van der Waals surface area contributed by atoms with Gasteiger partial charge in [0.15, 0.2) is 5.84 Å². The molecule has 104 valence electrons. The summed E-state index contributed by atoms with van der Waals surface area (Å²) in [6.45, 7) is 1.62. The van der Waals surface area contributed by atoms with Gasteiger partial charge in [0.05, 0.1) is 6.04 Å². The van der Waals surface area contributed by atoms with E-state index in [-0.39, 0.29) is 5.84 Å². The minimum absolute atomic E-state index is 0.0678. The average Bonchev–Trinajstić information content (AvgIpc) is 2.34. The predicted octanol–water partition coefficient (Wildman–Crippen LogP) is 2.59. The Hall–Kier alpha value is -1.66. The molecule has 0 fully saturated rings. The Bertz CT molecular complexity index is 487. The van der Waals surface area contributed by atoms with Crippen LogP contribution in [0.1, 0.15) is 6.92 Å². The van der Waals surface area contributed by atoms with Gasteiger partial charge in [-0.3, -0.25) is 0 Å². The third-order valence-electron chi connectivity index (χ3n) is 2.56. The van der Waals surface area contributed by atoms with Crippen molar-refractivity contribution in [1.82, 2.24) is 4.90 Å². The average molecular weight is 305 g/mol.